The Morgan fingerprint density at radius 1 is 1.14 bits per heavy atom. The molecular weight excluding hydrogens is 356 g/mol. The van der Waals surface area contributed by atoms with Gasteiger partial charge in [0.1, 0.15) is 6.04 Å². The van der Waals surface area contributed by atoms with E-state index in [1.54, 1.807) is 4.90 Å². The first-order chi connectivity index (χ1) is 13.6. The molecule has 0 saturated carbocycles. The molecule has 28 heavy (non-hydrogen) atoms. The van der Waals surface area contributed by atoms with Gasteiger partial charge in [-0.05, 0) is 62.0 Å². The number of nitrogens with zero attached hydrogens (tertiary/aromatic N) is 1. The number of hydrogen-bond donors (Lipinski definition) is 3. The van der Waals surface area contributed by atoms with E-state index in [4.69, 9.17) is 0 Å². The average Bonchev–Trinajstić information content (AvgIpc) is 2.95. The van der Waals surface area contributed by atoms with E-state index in [0.717, 1.165) is 30.1 Å². The van der Waals surface area contributed by atoms with Crippen LogP contribution < -0.4 is 16.0 Å². The van der Waals surface area contributed by atoms with Crippen LogP contribution in [0.1, 0.15) is 53.6 Å². The number of amides is 3. The first-order valence-electron chi connectivity index (χ1n) is 10.3. The van der Waals surface area contributed by atoms with Crippen molar-refractivity contribution in [1.82, 2.24) is 20.9 Å². The van der Waals surface area contributed by atoms with Gasteiger partial charge in [-0.25, -0.2) is 0 Å². The van der Waals surface area contributed by atoms with Crippen molar-refractivity contribution in [2.45, 2.75) is 51.2 Å². The Labute approximate surface area is 165 Å². The summed E-state index contributed by atoms with van der Waals surface area (Å²) in [5, 5.41) is 9.13. The standard InChI is InChI=1S/C21H28N4O3/c26-19-7-6-18(20(27)24-19)25-13-16-9-14(4-5-17(16)21(25)28)10-22-8-2-1-3-15-11-23-12-15/h4-5,9,15,18,22-23H,1-3,6-8,10-13H2,(H,24,26,27). The second-order valence-electron chi connectivity index (χ2n) is 8.09. The fraction of sp³-hybridized carbons (Fsp3) is 0.571. The number of imide groups is 1. The molecule has 1 aromatic rings. The first kappa shape index (κ1) is 19.1. The molecule has 3 aliphatic heterocycles. The minimum atomic E-state index is -0.551. The molecule has 1 atom stereocenters. The van der Waals surface area contributed by atoms with Crippen molar-refractivity contribution in [2.24, 2.45) is 5.92 Å². The van der Waals surface area contributed by atoms with Gasteiger partial charge >= 0.3 is 0 Å². The zero-order chi connectivity index (χ0) is 19.5. The van der Waals surface area contributed by atoms with Crippen molar-refractivity contribution >= 4 is 17.7 Å². The molecular formula is C21H28N4O3. The molecule has 3 aliphatic rings. The highest BCUT2D eigenvalue weighted by Crippen LogP contribution is 2.28. The molecule has 0 spiro atoms. The Morgan fingerprint density at radius 2 is 2.00 bits per heavy atom. The predicted octanol–water partition coefficient (Wildman–Crippen LogP) is 0.927. The van der Waals surface area contributed by atoms with E-state index in [2.05, 4.69) is 22.0 Å². The Hall–Kier alpha value is -2.25. The topological polar surface area (TPSA) is 90.5 Å². The number of rotatable bonds is 8. The molecule has 0 aliphatic carbocycles. The summed E-state index contributed by atoms with van der Waals surface area (Å²) in [6.07, 6.45) is 4.44. The van der Waals surface area contributed by atoms with Crippen LogP contribution in [0.3, 0.4) is 0 Å². The lowest BCUT2D eigenvalue weighted by atomic mass is 9.96. The summed E-state index contributed by atoms with van der Waals surface area (Å²) in [4.78, 5) is 37.7. The molecule has 2 fully saturated rings. The van der Waals surface area contributed by atoms with Crippen molar-refractivity contribution in [1.29, 1.82) is 0 Å². The Kier molecular flexibility index (Phi) is 5.73. The van der Waals surface area contributed by atoms with E-state index in [9.17, 15) is 14.4 Å². The monoisotopic (exact) mass is 384 g/mol. The third kappa shape index (κ3) is 4.10. The van der Waals surface area contributed by atoms with Crippen LogP contribution in [0.4, 0.5) is 0 Å². The smallest absolute Gasteiger partial charge is 0.255 e. The summed E-state index contributed by atoms with van der Waals surface area (Å²) < 4.78 is 0. The van der Waals surface area contributed by atoms with Gasteiger partial charge in [-0.1, -0.05) is 18.6 Å². The highest BCUT2D eigenvalue weighted by Gasteiger charge is 2.38. The van der Waals surface area contributed by atoms with Gasteiger partial charge in [0, 0.05) is 25.1 Å². The Bertz CT molecular complexity index is 775. The van der Waals surface area contributed by atoms with E-state index >= 15 is 0 Å². The molecule has 7 nitrogen and oxygen atoms in total. The van der Waals surface area contributed by atoms with Crippen LogP contribution >= 0.6 is 0 Å². The first-order valence-corrected chi connectivity index (χ1v) is 10.3. The molecule has 3 N–H and O–H groups in total. The number of piperidine rings is 1. The van der Waals surface area contributed by atoms with E-state index in [-0.39, 0.29) is 24.1 Å². The molecule has 1 unspecified atom stereocenters. The number of carbonyl (C=O) groups excluding carboxylic acids is 3. The fourth-order valence-electron chi connectivity index (χ4n) is 4.21. The van der Waals surface area contributed by atoms with E-state index in [0.29, 0.717) is 18.5 Å². The molecule has 7 heteroatoms. The number of hydrogen-bond acceptors (Lipinski definition) is 5. The van der Waals surface area contributed by atoms with E-state index in [1.807, 2.05) is 12.1 Å². The fourth-order valence-corrected chi connectivity index (χ4v) is 4.21. The highest BCUT2D eigenvalue weighted by atomic mass is 16.2. The molecule has 0 radical (unpaired) electrons. The number of nitrogens with one attached hydrogen (secondary N) is 3. The quantitative estimate of drug-likeness (QED) is 0.458. The van der Waals surface area contributed by atoms with Crippen molar-refractivity contribution in [3.05, 3.63) is 34.9 Å². The van der Waals surface area contributed by atoms with Crippen LogP contribution in [0.5, 0.6) is 0 Å². The maximum Gasteiger partial charge on any atom is 0.255 e. The SMILES string of the molecule is O=C1CCC(N2Cc3cc(CNCCCCC4CNC4)ccc3C2=O)C(=O)N1. The van der Waals surface area contributed by atoms with Crippen molar-refractivity contribution in [2.75, 3.05) is 19.6 Å². The number of unbranched alkanes of at least 4 members (excludes halogenated alkanes) is 1. The van der Waals surface area contributed by atoms with Gasteiger partial charge in [0.05, 0.1) is 0 Å². The molecule has 3 heterocycles. The maximum absolute atomic E-state index is 12.7. The number of benzene rings is 1. The van der Waals surface area contributed by atoms with Gasteiger partial charge in [-0.2, -0.15) is 0 Å². The Morgan fingerprint density at radius 3 is 2.75 bits per heavy atom. The van der Waals surface area contributed by atoms with Gasteiger partial charge in [-0.15, -0.1) is 0 Å². The van der Waals surface area contributed by atoms with Crippen LogP contribution in [0, 0.1) is 5.92 Å². The van der Waals surface area contributed by atoms with Crippen molar-refractivity contribution in [3.63, 3.8) is 0 Å². The summed E-state index contributed by atoms with van der Waals surface area (Å²) in [6, 6.07) is 5.36. The van der Waals surface area contributed by atoms with Crippen LogP contribution in [-0.4, -0.2) is 48.3 Å². The summed E-state index contributed by atoms with van der Waals surface area (Å²) in [7, 11) is 0. The van der Waals surface area contributed by atoms with E-state index < -0.39 is 6.04 Å². The maximum atomic E-state index is 12.7. The van der Waals surface area contributed by atoms with Crippen LogP contribution in [0.15, 0.2) is 18.2 Å². The van der Waals surface area contributed by atoms with Crippen molar-refractivity contribution < 1.29 is 14.4 Å². The summed E-state index contributed by atoms with van der Waals surface area (Å²) in [6.45, 7) is 4.57. The van der Waals surface area contributed by atoms with Crippen molar-refractivity contribution in [3.8, 4) is 0 Å². The largest absolute Gasteiger partial charge is 0.322 e. The minimum absolute atomic E-state index is 0.116. The molecule has 3 amide bonds. The van der Waals surface area contributed by atoms with Gasteiger partial charge in [0.2, 0.25) is 11.8 Å². The lowest BCUT2D eigenvalue weighted by Gasteiger charge is -2.29. The minimum Gasteiger partial charge on any atom is -0.322 e. The number of fused-ring (bicyclic) bond motifs is 1. The second-order valence-corrected chi connectivity index (χ2v) is 8.09. The normalized spacial score (nSPS) is 22.2. The molecule has 0 aromatic heterocycles. The molecule has 1 aromatic carbocycles. The number of carbonyl (C=O) groups is 3. The zero-order valence-electron chi connectivity index (χ0n) is 16.1. The molecule has 4 rings (SSSR count). The lowest BCUT2D eigenvalue weighted by Crippen LogP contribution is -2.52. The third-order valence-corrected chi connectivity index (χ3v) is 6.00. The Balaban J connectivity index is 1.27. The molecule has 150 valence electrons. The summed E-state index contributed by atoms with van der Waals surface area (Å²) in [5.41, 5.74) is 2.79. The third-order valence-electron chi connectivity index (χ3n) is 6.00. The van der Waals surface area contributed by atoms with Gasteiger partial charge < -0.3 is 15.5 Å². The second kappa shape index (κ2) is 8.41. The predicted molar refractivity (Wildman–Crippen MR) is 104 cm³/mol. The van der Waals surface area contributed by atoms with Crippen LogP contribution in [0.25, 0.3) is 0 Å². The van der Waals surface area contributed by atoms with E-state index in [1.165, 1.54) is 32.4 Å². The summed E-state index contributed by atoms with van der Waals surface area (Å²) in [5.74, 6) is 0.135. The highest BCUT2D eigenvalue weighted by molar-refractivity contribution is 6.05. The van der Waals surface area contributed by atoms with Crippen LogP contribution in [-0.2, 0) is 22.7 Å². The van der Waals surface area contributed by atoms with Crippen LogP contribution in [0.2, 0.25) is 0 Å². The molecule has 2 saturated heterocycles. The summed E-state index contributed by atoms with van der Waals surface area (Å²) >= 11 is 0. The van der Waals surface area contributed by atoms with Gasteiger partial charge in [0.25, 0.3) is 5.91 Å². The average molecular weight is 384 g/mol. The van der Waals surface area contributed by atoms with Gasteiger partial charge in [-0.3, -0.25) is 19.7 Å². The molecule has 0 bridgehead atoms. The van der Waals surface area contributed by atoms with Gasteiger partial charge in [0.15, 0.2) is 0 Å². The lowest BCUT2D eigenvalue weighted by molar-refractivity contribution is -0.136. The zero-order valence-corrected chi connectivity index (χ0v) is 16.1.